The van der Waals surface area contributed by atoms with Gasteiger partial charge in [-0.25, -0.2) is 17.9 Å². The van der Waals surface area contributed by atoms with Crippen LogP contribution in [0.2, 0.25) is 0 Å². The molecule has 0 amide bonds. The van der Waals surface area contributed by atoms with E-state index in [1.807, 2.05) is 13.8 Å². The minimum atomic E-state index is -3.75. The number of benzene rings is 1. The van der Waals surface area contributed by atoms with E-state index in [9.17, 15) is 18.3 Å². The summed E-state index contributed by atoms with van der Waals surface area (Å²) in [6, 6.07) is 3.67. The molecule has 1 aromatic carbocycles. The maximum atomic E-state index is 12.3. The van der Waals surface area contributed by atoms with E-state index in [2.05, 4.69) is 10.0 Å². The zero-order chi connectivity index (χ0) is 17.6. The largest absolute Gasteiger partial charge is 0.478 e. The topological polar surface area (TPSA) is 105 Å². The summed E-state index contributed by atoms with van der Waals surface area (Å²) in [5.41, 5.74) is 0.254. The Balaban J connectivity index is 3.15. The normalized spacial score (nSPS) is 14.3. The van der Waals surface area contributed by atoms with Crippen LogP contribution in [0.25, 0.3) is 0 Å². The second kappa shape index (κ2) is 8.28. The van der Waals surface area contributed by atoms with E-state index in [-0.39, 0.29) is 22.5 Å². The fourth-order valence-corrected chi connectivity index (χ4v) is 3.32. The van der Waals surface area contributed by atoms with Crippen LogP contribution >= 0.6 is 0 Å². The van der Waals surface area contributed by atoms with Gasteiger partial charge in [-0.3, -0.25) is 0 Å². The molecule has 0 bridgehead atoms. The minimum Gasteiger partial charge on any atom is -0.478 e. The van der Waals surface area contributed by atoms with Crippen molar-refractivity contribution in [1.82, 2.24) is 4.72 Å². The van der Waals surface area contributed by atoms with Gasteiger partial charge in [0, 0.05) is 24.9 Å². The third kappa shape index (κ3) is 5.49. The molecule has 1 rings (SSSR count). The van der Waals surface area contributed by atoms with Crippen LogP contribution in [0.3, 0.4) is 0 Å². The first-order chi connectivity index (χ1) is 10.7. The van der Waals surface area contributed by atoms with Gasteiger partial charge in [0.05, 0.1) is 17.1 Å². The molecule has 0 saturated heterocycles. The number of nitrogens with one attached hydrogen (secondary N) is 2. The van der Waals surface area contributed by atoms with Crippen LogP contribution in [0.1, 0.15) is 37.6 Å². The van der Waals surface area contributed by atoms with Crippen LogP contribution in [0.4, 0.5) is 5.69 Å². The van der Waals surface area contributed by atoms with Crippen molar-refractivity contribution in [2.45, 2.75) is 44.2 Å². The summed E-state index contributed by atoms with van der Waals surface area (Å²) >= 11 is 0. The highest BCUT2D eigenvalue weighted by Crippen LogP contribution is 2.22. The SMILES string of the molecule is CCC(C)NS(=O)(=O)c1ccc(NC(C)COC)c(C(=O)O)c1. The molecule has 2 unspecified atom stereocenters. The molecule has 2 atom stereocenters. The van der Waals surface area contributed by atoms with Crippen LogP contribution in [-0.4, -0.2) is 45.3 Å². The molecule has 0 aliphatic rings. The highest BCUT2D eigenvalue weighted by molar-refractivity contribution is 7.89. The number of rotatable bonds is 9. The smallest absolute Gasteiger partial charge is 0.337 e. The van der Waals surface area contributed by atoms with Crippen LogP contribution in [-0.2, 0) is 14.8 Å². The molecule has 23 heavy (non-hydrogen) atoms. The van der Waals surface area contributed by atoms with E-state index in [1.165, 1.54) is 12.1 Å². The Morgan fingerprint density at radius 1 is 1.30 bits per heavy atom. The van der Waals surface area contributed by atoms with Crippen molar-refractivity contribution in [2.75, 3.05) is 19.0 Å². The predicted octanol–water partition coefficient (Wildman–Crippen LogP) is 1.91. The van der Waals surface area contributed by atoms with Crippen LogP contribution in [0.15, 0.2) is 23.1 Å². The summed E-state index contributed by atoms with van der Waals surface area (Å²) in [4.78, 5) is 11.4. The molecule has 8 heteroatoms. The lowest BCUT2D eigenvalue weighted by molar-refractivity contribution is 0.0697. The highest BCUT2D eigenvalue weighted by Gasteiger charge is 2.21. The van der Waals surface area contributed by atoms with E-state index >= 15 is 0 Å². The fourth-order valence-electron chi connectivity index (χ4n) is 1.97. The van der Waals surface area contributed by atoms with E-state index < -0.39 is 16.0 Å². The third-order valence-corrected chi connectivity index (χ3v) is 4.91. The number of anilines is 1. The predicted molar refractivity (Wildman–Crippen MR) is 88.4 cm³/mol. The van der Waals surface area contributed by atoms with Crippen molar-refractivity contribution in [3.63, 3.8) is 0 Å². The van der Waals surface area contributed by atoms with Gasteiger partial charge in [0.15, 0.2) is 0 Å². The molecule has 130 valence electrons. The van der Waals surface area contributed by atoms with Crippen LogP contribution < -0.4 is 10.0 Å². The summed E-state index contributed by atoms with van der Waals surface area (Å²) in [5, 5.41) is 12.3. The standard InChI is InChI=1S/C15H24N2O5S/c1-5-10(2)17-23(20,21)12-6-7-14(13(8-12)15(18)19)16-11(3)9-22-4/h6-8,10-11,16-17H,5,9H2,1-4H3,(H,18,19). The molecule has 7 nitrogen and oxygen atoms in total. The van der Waals surface area contributed by atoms with Gasteiger partial charge in [0.2, 0.25) is 10.0 Å². The first-order valence-electron chi connectivity index (χ1n) is 7.36. The van der Waals surface area contributed by atoms with E-state index in [0.29, 0.717) is 18.7 Å². The number of carboxylic acids is 1. The summed E-state index contributed by atoms with van der Waals surface area (Å²) in [6.07, 6.45) is 0.638. The number of sulfonamides is 1. The van der Waals surface area contributed by atoms with Crippen molar-refractivity contribution in [1.29, 1.82) is 0 Å². The lowest BCUT2D eigenvalue weighted by Gasteiger charge is -2.17. The lowest BCUT2D eigenvalue weighted by Crippen LogP contribution is -2.32. The van der Waals surface area contributed by atoms with Gasteiger partial charge in [-0.05, 0) is 38.5 Å². The molecular formula is C15H24N2O5S. The number of hydrogen-bond acceptors (Lipinski definition) is 5. The molecular weight excluding hydrogens is 320 g/mol. The molecule has 0 saturated carbocycles. The van der Waals surface area contributed by atoms with Gasteiger partial charge in [-0.2, -0.15) is 0 Å². The van der Waals surface area contributed by atoms with Crippen molar-refractivity contribution < 1.29 is 23.1 Å². The summed E-state index contributed by atoms with van der Waals surface area (Å²) in [7, 11) is -2.20. The Hall–Kier alpha value is -1.64. The van der Waals surface area contributed by atoms with Crippen molar-refractivity contribution in [2.24, 2.45) is 0 Å². The Morgan fingerprint density at radius 3 is 2.48 bits per heavy atom. The number of carboxylic acid groups (broad SMARTS) is 1. The van der Waals surface area contributed by atoms with Gasteiger partial charge in [0.25, 0.3) is 0 Å². The van der Waals surface area contributed by atoms with E-state index in [1.54, 1.807) is 14.0 Å². The van der Waals surface area contributed by atoms with E-state index in [0.717, 1.165) is 6.07 Å². The molecule has 0 aliphatic carbocycles. The fraction of sp³-hybridized carbons (Fsp3) is 0.533. The average Bonchev–Trinajstić information content (AvgIpc) is 2.46. The van der Waals surface area contributed by atoms with E-state index in [4.69, 9.17) is 4.74 Å². The Kier molecular flexibility index (Phi) is 6.99. The van der Waals surface area contributed by atoms with Gasteiger partial charge in [-0.1, -0.05) is 6.92 Å². The number of aromatic carboxylic acids is 1. The van der Waals surface area contributed by atoms with Crippen molar-refractivity contribution in [3.8, 4) is 0 Å². The molecule has 0 fully saturated rings. The average molecular weight is 344 g/mol. The lowest BCUT2D eigenvalue weighted by atomic mass is 10.1. The molecule has 0 radical (unpaired) electrons. The number of hydrogen-bond donors (Lipinski definition) is 3. The van der Waals surface area contributed by atoms with Crippen LogP contribution in [0, 0.1) is 0 Å². The monoisotopic (exact) mass is 344 g/mol. The second-order valence-corrected chi connectivity index (χ2v) is 7.16. The summed E-state index contributed by atoms with van der Waals surface area (Å²) in [6.45, 7) is 5.84. The van der Waals surface area contributed by atoms with Gasteiger partial charge in [0.1, 0.15) is 0 Å². The molecule has 0 heterocycles. The zero-order valence-electron chi connectivity index (χ0n) is 13.8. The summed E-state index contributed by atoms with van der Waals surface area (Å²) < 4.78 is 32.0. The number of methoxy groups -OCH3 is 1. The molecule has 0 aliphatic heterocycles. The quantitative estimate of drug-likeness (QED) is 0.632. The minimum absolute atomic E-state index is 0.0693. The number of ether oxygens (including phenoxy) is 1. The molecule has 0 spiro atoms. The van der Waals surface area contributed by atoms with Crippen molar-refractivity contribution in [3.05, 3.63) is 23.8 Å². The first-order valence-corrected chi connectivity index (χ1v) is 8.84. The maximum Gasteiger partial charge on any atom is 0.337 e. The molecule has 3 N–H and O–H groups in total. The third-order valence-electron chi connectivity index (χ3n) is 3.32. The second-order valence-electron chi connectivity index (χ2n) is 5.44. The Bertz CT molecular complexity index is 645. The van der Waals surface area contributed by atoms with Gasteiger partial charge < -0.3 is 15.2 Å². The van der Waals surface area contributed by atoms with Crippen molar-refractivity contribution >= 4 is 21.7 Å². The first kappa shape index (κ1) is 19.4. The number of carbonyl (C=O) groups is 1. The zero-order valence-corrected chi connectivity index (χ0v) is 14.6. The summed E-state index contributed by atoms with van der Waals surface area (Å²) in [5.74, 6) is -1.20. The maximum absolute atomic E-state index is 12.3. The highest BCUT2D eigenvalue weighted by atomic mass is 32.2. The van der Waals surface area contributed by atoms with Gasteiger partial charge in [-0.15, -0.1) is 0 Å². The van der Waals surface area contributed by atoms with Gasteiger partial charge >= 0.3 is 5.97 Å². The molecule has 1 aromatic rings. The Labute approximate surface area is 137 Å². The molecule has 0 aromatic heterocycles. The Morgan fingerprint density at radius 2 is 1.96 bits per heavy atom. The van der Waals surface area contributed by atoms with Crippen LogP contribution in [0.5, 0.6) is 0 Å².